The number of phenols is 1. The first kappa shape index (κ1) is 17.3. The van der Waals surface area contributed by atoms with E-state index in [1.165, 1.54) is 4.88 Å². The lowest BCUT2D eigenvalue weighted by Crippen LogP contribution is -2.48. The lowest BCUT2D eigenvalue weighted by Gasteiger charge is -2.36. The second-order valence-corrected chi connectivity index (χ2v) is 8.49. The number of thiophene rings is 1. The highest BCUT2D eigenvalue weighted by molar-refractivity contribution is 9.11. The smallest absolute Gasteiger partial charge is 0.222 e. The monoisotopic (exact) mass is 408 g/mol. The van der Waals surface area contributed by atoms with Gasteiger partial charge in [0.1, 0.15) is 5.75 Å². The molecular weight excluding hydrogens is 388 g/mol. The number of aromatic hydroxyl groups is 1. The number of carbonyl (C=O) groups is 1. The highest BCUT2D eigenvalue weighted by Gasteiger charge is 2.21. The van der Waals surface area contributed by atoms with E-state index in [4.69, 9.17) is 0 Å². The molecule has 1 N–H and O–H groups in total. The number of carbonyl (C=O) groups excluding carboxylic acids is 1. The predicted octanol–water partition coefficient (Wildman–Crippen LogP) is 3.89. The lowest BCUT2D eigenvalue weighted by atomic mass is 10.2. The zero-order chi connectivity index (χ0) is 16.9. The van der Waals surface area contributed by atoms with Crippen molar-refractivity contribution in [1.29, 1.82) is 0 Å². The summed E-state index contributed by atoms with van der Waals surface area (Å²) >= 11 is 5.21. The Morgan fingerprint density at radius 3 is 2.62 bits per heavy atom. The van der Waals surface area contributed by atoms with Crippen LogP contribution in [0.25, 0.3) is 0 Å². The Morgan fingerprint density at radius 1 is 1.17 bits per heavy atom. The highest BCUT2D eigenvalue weighted by Crippen LogP contribution is 2.24. The van der Waals surface area contributed by atoms with Crippen molar-refractivity contribution in [3.8, 4) is 5.75 Å². The van der Waals surface area contributed by atoms with Gasteiger partial charge in [0.15, 0.2) is 0 Å². The fraction of sp³-hybridized carbons (Fsp3) is 0.389. The number of anilines is 1. The van der Waals surface area contributed by atoms with Gasteiger partial charge in [0.25, 0.3) is 0 Å². The number of benzene rings is 1. The zero-order valence-corrected chi connectivity index (χ0v) is 15.9. The summed E-state index contributed by atoms with van der Waals surface area (Å²) in [4.78, 5) is 17.9. The summed E-state index contributed by atoms with van der Waals surface area (Å²) in [5.41, 5.74) is 1.02. The predicted molar refractivity (Wildman–Crippen MR) is 102 cm³/mol. The van der Waals surface area contributed by atoms with Gasteiger partial charge < -0.3 is 14.9 Å². The number of halogens is 1. The minimum absolute atomic E-state index is 0.251. The molecule has 0 unspecified atom stereocenters. The van der Waals surface area contributed by atoms with Gasteiger partial charge in [0, 0.05) is 49.2 Å². The summed E-state index contributed by atoms with van der Waals surface area (Å²) in [5, 5.41) is 9.58. The Balaban J connectivity index is 1.43. The molecule has 128 valence electrons. The van der Waals surface area contributed by atoms with Crippen LogP contribution in [0.1, 0.15) is 17.7 Å². The second-order valence-electron chi connectivity index (χ2n) is 5.95. The van der Waals surface area contributed by atoms with Crippen molar-refractivity contribution < 1.29 is 9.90 Å². The first-order chi connectivity index (χ1) is 11.6. The SMILES string of the molecule is O=C(CCCc1ccc(Br)s1)N1CCN(c2cccc(O)c2)CC1. The average molecular weight is 409 g/mol. The maximum absolute atomic E-state index is 12.4. The second kappa shape index (κ2) is 8.03. The summed E-state index contributed by atoms with van der Waals surface area (Å²) in [6.07, 6.45) is 2.48. The van der Waals surface area contributed by atoms with Crippen molar-refractivity contribution >= 4 is 38.9 Å². The summed E-state index contributed by atoms with van der Waals surface area (Å²) in [6, 6.07) is 11.5. The van der Waals surface area contributed by atoms with E-state index in [9.17, 15) is 9.90 Å². The van der Waals surface area contributed by atoms with Gasteiger partial charge in [-0.3, -0.25) is 4.79 Å². The molecule has 4 nitrogen and oxygen atoms in total. The average Bonchev–Trinajstić information content (AvgIpc) is 3.00. The van der Waals surface area contributed by atoms with E-state index in [-0.39, 0.29) is 11.7 Å². The Bertz CT molecular complexity index is 696. The zero-order valence-electron chi connectivity index (χ0n) is 13.4. The van der Waals surface area contributed by atoms with Crippen LogP contribution in [0.2, 0.25) is 0 Å². The number of amides is 1. The fourth-order valence-corrected chi connectivity index (χ4v) is 4.49. The molecule has 2 aromatic rings. The van der Waals surface area contributed by atoms with E-state index in [2.05, 4.69) is 33.0 Å². The Kier molecular flexibility index (Phi) is 5.79. The molecule has 1 aliphatic heterocycles. The van der Waals surface area contributed by atoms with Gasteiger partial charge in [-0.05, 0) is 53.0 Å². The third-order valence-corrected chi connectivity index (χ3v) is 5.95. The molecule has 6 heteroatoms. The van der Waals surface area contributed by atoms with Gasteiger partial charge >= 0.3 is 0 Å². The summed E-state index contributed by atoms with van der Waals surface area (Å²) < 4.78 is 1.15. The molecule has 1 aromatic heterocycles. The maximum Gasteiger partial charge on any atom is 0.222 e. The maximum atomic E-state index is 12.4. The molecule has 1 saturated heterocycles. The van der Waals surface area contributed by atoms with Gasteiger partial charge in [-0.2, -0.15) is 0 Å². The molecule has 1 aromatic carbocycles. The number of phenolic OH excluding ortho intramolecular Hbond substituents is 1. The topological polar surface area (TPSA) is 43.8 Å². The third kappa shape index (κ3) is 4.51. The standard InChI is InChI=1S/C18H21BrN2O2S/c19-17-8-7-16(24-17)5-2-6-18(23)21-11-9-20(10-12-21)14-3-1-4-15(22)13-14/h1,3-4,7-8,13,22H,2,5-6,9-12H2. The van der Waals surface area contributed by atoms with Crippen LogP contribution >= 0.6 is 27.3 Å². The normalized spacial score (nSPS) is 14.9. The molecule has 0 bridgehead atoms. The van der Waals surface area contributed by atoms with Gasteiger partial charge in [0.2, 0.25) is 5.91 Å². The number of hydrogen-bond donors (Lipinski definition) is 1. The van der Waals surface area contributed by atoms with Crippen LogP contribution in [-0.4, -0.2) is 42.1 Å². The summed E-state index contributed by atoms with van der Waals surface area (Å²) in [7, 11) is 0. The number of hydrogen-bond acceptors (Lipinski definition) is 4. The van der Waals surface area contributed by atoms with E-state index in [0.29, 0.717) is 6.42 Å². The van der Waals surface area contributed by atoms with Crippen molar-refractivity contribution in [3.05, 3.63) is 45.1 Å². The van der Waals surface area contributed by atoms with Gasteiger partial charge in [-0.1, -0.05) is 6.07 Å². The summed E-state index contributed by atoms with van der Waals surface area (Å²) in [6.45, 7) is 3.12. The number of piperazine rings is 1. The molecule has 1 aliphatic rings. The minimum atomic E-state index is 0.251. The molecule has 0 saturated carbocycles. The molecule has 0 spiro atoms. The van der Waals surface area contributed by atoms with Crippen molar-refractivity contribution in [2.24, 2.45) is 0 Å². The first-order valence-electron chi connectivity index (χ1n) is 8.18. The molecule has 0 radical (unpaired) electrons. The van der Waals surface area contributed by atoms with Crippen LogP contribution in [-0.2, 0) is 11.2 Å². The van der Waals surface area contributed by atoms with Gasteiger partial charge in [-0.25, -0.2) is 0 Å². The van der Waals surface area contributed by atoms with Crippen LogP contribution in [0.4, 0.5) is 5.69 Å². The summed E-state index contributed by atoms with van der Waals surface area (Å²) in [5.74, 6) is 0.535. The van der Waals surface area contributed by atoms with Crippen molar-refractivity contribution in [2.75, 3.05) is 31.1 Å². The molecule has 1 fully saturated rings. The van der Waals surface area contributed by atoms with Crippen LogP contribution in [0.5, 0.6) is 5.75 Å². The lowest BCUT2D eigenvalue weighted by molar-refractivity contribution is -0.131. The molecule has 24 heavy (non-hydrogen) atoms. The fourth-order valence-electron chi connectivity index (χ4n) is 2.96. The Labute approximate surface area is 154 Å². The van der Waals surface area contributed by atoms with E-state index < -0.39 is 0 Å². The van der Waals surface area contributed by atoms with E-state index in [0.717, 1.165) is 48.5 Å². The van der Waals surface area contributed by atoms with Crippen LogP contribution in [0, 0.1) is 0 Å². The molecule has 2 heterocycles. The molecule has 3 rings (SSSR count). The van der Waals surface area contributed by atoms with Gasteiger partial charge in [-0.15, -0.1) is 11.3 Å². The van der Waals surface area contributed by atoms with Gasteiger partial charge in [0.05, 0.1) is 3.79 Å². The number of rotatable bonds is 5. The van der Waals surface area contributed by atoms with E-state index in [1.54, 1.807) is 23.5 Å². The van der Waals surface area contributed by atoms with Crippen molar-refractivity contribution in [1.82, 2.24) is 4.90 Å². The number of nitrogens with zero attached hydrogens (tertiary/aromatic N) is 2. The van der Waals surface area contributed by atoms with Crippen molar-refractivity contribution in [3.63, 3.8) is 0 Å². The van der Waals surface area contributed by atoms with E-state index in [1.807, 2.05) is 17.0 Å². The van der Waals surface area contributed by atoms with Crippen LogP contribution in [0.15, 0.2) is 40.2 Å². The molecular formula is C18H21BrN2O2S. The quantitative estimate of drug-likeness (QED) is 0.815. The third-order valence-electron chi connectivity index (χ3n) is 4.27. The number of aryl methyl sites for hydroxylation is 1. The minimum Gasteiger partial charge on any atom is -0.508 e. The molecule has 0 atom stereocenters. The molecule has 0 aliphatic carbocycles. The Morgan fingerprint density at radius 2 is 1.96 bits per heavy atom. The Hall–Kier alpha value is -1.53. The van der Waals surface area contributed by atoms with E-state index >= 15 is 0 Å². The highest BCUT2D eigenvalue weighted by atomic mass is 79.9. The first-order valence-corrected chi connectivity index (χ1v) is 9.79. The largest absolute Gasteiger partial charge is 0.508 e. The van der Waals surface area contributed by atoms with Crippen LogP contribution in [0.3, 0.4) is 0 Å². The van der Waals surface area contributed by atoms with Crippen LogP contribution < -0.4 is 4.90 Å². The van der Waals surface area contributed by atoms with Crippen molar-refractivity contribution in [2.45, 2.75) is 19.3 Å². The molecule has 1 amide bonds.